The monoisotopic (exact) mass is 383 g/mol. The summed E-state index contributed by atoms with van der Waals surface area (Å²) in [5.74, 6) is 0.624. The number of hydrogen-bond donors (Lipinski definition) is 1. The van der Waals surface area contributed by atoms with Crippen molar-refractivity contribution < 1.29 is 9.53 Å². The van der Waals surface area contributed by atoms with Gasteiger partial charge in [-0.3, -0.25) is 4.79 Å². The molecule has 3 nitrogen and oxygen atoms in total. The standard InChI is InChI=1S/C21H15Cl2NO2/c22-18-4-2-1-3-16(18)21(25)24-15-7-5-13(6-8-15)17-11-14-9-10-26-20(14)12-19(17)23/h1-8,11-12H,9-10H2,(H,24,25). The number of carbonyl (C=O) groups is 1. The minimum Gasteiger partial charge on any atom is -0.493 e. The minimum atomic E-state index is -0.240. The second kappa shape index (κ2) is 7.02. The Balaban J connectivity index is 1.56. The molecule has 0 atom stereocenters. The summed E-state index contributed by atoms with van der Waals surface area (Å²) in [6.07, 6.45) is 0.894. The molecule has 0 saturated carbocycles. The van der Waals surface area contributed by atoms with Gasteiger partial charge in [-0.2, -0.15) is 0 Å². The molecule has 4 rings (SSSR count). The summed E-state index contributed by atoms with van der Waals surface area (Å²) in [7, 11) is 0. The van der Waals surface area contributed by atoms with E-state index in [9.17, 15) is 4.79 Å². The Morgan fingerprint density at radius 1 is 0.962 bits per heavy atom. The molecule has 0 saturated heterocycles. The number of anilines is 1. The average molecular weight is 384 g/mol. The second-order valence-corrected chi connectivity index (χ2v) is 6.86. The molecule has 1 amide bonds. The van der Waals surface area contributed by atoms with E-state index >= 15 is 0 Å². The zero-order chi connectivity index (χ0) is 18.1. The van der Waals surface area contributed by atoms with Crippen LogP contribution in [0.15, 0.2) is 60.7 Å². The van der Waals surface area contributed by atoms with Crippen LogP contribution in [0.4, 0.5) is 5.69 Å². The lowest BCUT2D eigenvalue weighted by Crippen LogP contribution is -2.12. The third kappa shape index (κ3) is 3.28. The van der Waals surface area contributed by atoms with E-state index in [1.54, 1.807) is 24.3 Å². The van der Waals surface area contributed by atoms with E-state index in [0.29, 0.717) is 27.9 Å². The third-order valence-electron chi connectivity index (χ3n) is 4.35. The lowest BCUT2D eigenvalue weighted by molar-refractivity contribution is 0.102. The van der Waals surface area contributed by atoms with Crippen LogP contribution in [-0.2, 0) is 6.42 Å². The largest absolute Gasteiger partial charge is 0.493 e. The van der Waals surface area contributed by atoms with Gasteiger partial charge >= 0.3 is 0 Å². The Morgan fingerprint density at radius 2 is 1.73 bits per heavy atom. The Labute approximate surface area is 161 Å². The van der Waals surface area contributed by atoms with E-state index in [1.807, 2.05) is 30.3 Å². The van der Waals surface area contributed by atoms with E-state index in [2.05, 4.69) is 11.4 Å². The highest BCUT2D eigenvalue weighted by atomic mass is 35.5. The first-order valence-electron chi connectivity index (χ1n) is 8.23. The Bertz CT molecular complexity index is 984. The van der Waals surface area contributed by atoms with Gasteiger partial charge in [-0.1, -0.05) is 47.5 Å². The molecule has 3 aromatic rings. The maximum atomic E-state index is 12.3. The van der Waals surface area contributed by atoms with Gasteiger partial charge in [0.15, 0.2) is 0 Å². The molecule has 0 aliphatic carbocycles. The number of fused-ring (bicyclic) bond motifs is 1. The molecule has 3 aromatic carbocycles. The Hall–Kier alpha value is -2.49. The van der Waals surface area contributed by atoms with Gasteiger partial charge in [0.05, 0.1) is 22.2 Å². The Morgan fingerprint density at radius 3 is 2.50 bits per heavy atom. The van der Waals surface area contributed by atoms with Gasteiger partial charge in [0, 0.05) is 17.7 Å². The number of nitrogens with one attached hydrogen (secondary N) is 1. The van der Waals surface area contributed by atoms with E-state index in [1.165, 1.54) is 5.56 Å². The number of amides is 1. The summed E-state index contributed by atoms with van der Waals surface area (Å²) in [5, 5.41) is 3.93. The molecule has 0 aromatic heterocycles. The van der Waals surface area contributed by atoms with Crippen LogP contribution < -0.4 is 10.1 Å². The van der Waals surface area contributed by atoms with Crippen molar-refractivity contribution in [2.75, 3.05) is 11.9 Å². The predicted octanol–water partition coefficient (Wildman–Crippen LogP) is 5.85. The summed E-state index contributed by atoms with van der Waals surface area (Å²) in [5.41, 5.74) is 4.25. The zero-order valence-corrected chi connectivity index (χ0v) is 15.3. The van der Waals surface area contributed by atoms with Gasteiger partial charge in [-0.15, -0.1) is 0 Å². The maximum Gasteiger partial charge on any atom is 0.257 e. The average Bonchev–Trinajstić information content (AvgIpc) is 3.09. The zero-order valence-electron chi connectivity index (χ0n) is 13.8. The molecule has 1 heterocycles. The summed E-state index contributed by atoms with van der Waals surface area (Å²) >= 11 is 12.5. The number of rotatable bonds is 3. The summed E-state index contributed by atoms with van der Waals surface area (Å²) in [4.78, 5) is 12.3. The summed E-state index contributed by atoms with van der Waals surface area (Å²) in [6.45, 7) is 0.697. The quantitative estimate of drug-likeness (QED) is 0.615. The van der Waals surface area contributed by atoms with Crippen molar-refractivity contribution in [3.05, 3.63) is 81.8 Å². The van der Waals surface area contributed by atoms with Crippen LogP contribution >= 0.6 is 23.2 Å². The summed E-state index contributed by atoms with van der Waals surface area (Å²) < 4.78 is 5.54. The first kappa shape index (κ1) is 17.0. The van der Waals surface area contributed by atoms with Crippen molar-refractivity contribution in [1.29, 1.82) is 0 Å². The molecule has 0 spiro atoms. The molecule has 5 heteroatoms. The molecule has 1 aliphatic rings. The van der Waals surface area contributed by atoms with E-state index in [-0.39, 0.29) is 5.91 Å². The van der Waals surface area contributed by atoms with E-state index < -0.39 is 0 Å². The van der Waals surface area contributed by atoms with Crippen molar-refractivity contribution in [1.82, 2.24) is 0 Å². The van der Waals surface area contributed by atoms with Crippen LogP contribution in [0, 0.1) is 0 Å². The molecule has 0 unspecified atom stereocenters. The first-order chi connectivity index (χ1) is 12.6. The van der Waals surface area contributed by atoms with E-state index in [0.717, 1.165) is 23.3 Å². The highest BCUT2D eigenvalue weighted by Crippen LogP contribution is 2.37. The second-order valence-electron chi connectivity index (χ2n) is 6.05. The number of hydrogen-bond acceptors (Lipinski definition) is 2. The topological polar surface area (TPSA) is 38.3 Å². The highest BCUT2D eigenvalue weighted by Gasteiger charge is 2.16. The third-order valence-corrected chi connectivity index (χ3v) is 4.99. The van der Waals surface area contributed by atoms with Crippen LogP contribution in [0.25, 0.3) is 11.1 Å². The van der Waals surface area contributed by atoms with Gasteiger partial charge in [0.2, 0.25) is 0 Å². The van der Waals surface area contributed by atoms with Crippen LogP contribution in [-0.4, -0.2) is 12.5 Å². The number of halogens is 2. The van der Waals surface area contributed by atoms with Crippen LogP contribution in [0.3, 0.4) is 0 Å². The van der Waals surface area contributed by atoms with Gasteiger partial charge < -0.3 is 10.1 Å². The molecule has 0 fully saturated rings. The summed E-state index contributed by atoms with van der Waals surface area (Å²) in [6, 6.07) is 18.5. The minimum absolute atomic E-state index is 0.240. The fourth-order valence-electron chi connectivity index (χ4n) is 3.00. The number of carbonyl (C=O) groups excluding carboxylic acids is 1. The smallest absolute Gasteiger partial charge is 0.257 e. The lowest BCUT2D eigenvalue weighted by Gasteiger charge is -2.10. The lowest BCUT2D eigenvalue weighted by atomic mass is 10.0. The SMILES string of the molecule is O=C(Nc1ccc(-c2cc3c(cc2Cl)OCC3)cc1)c1ccccc1Cl. The normalized spacial score (nSPS) is 12.4. The van der Waals surface area contributed by atoms with Crippen molar-refractivity contribution in [2.45, 2.75) is 6.42 Å². The molecule has 0 radical (unpaired) electrons. The van der Waals surface area contributed by atoms with Crippen LogP contribution in [0.2, 0.25) is 10.0 Å². The van der Waals surface area contributed by atoms with E-state index in [4.69, 9.17) is 27.9 Å². The van der Waals surface area contributed by atoms with Crippen molar-refractivity contribution >= 4 is 34.8 Å². The molecular formula is C21H15Cl2NO2. The van der Waals surface area contributed by atoms with Crippen LogP contribution in [0.1, 0.15) is 15.9 Å². The molecule has 0 bridgehead atoms. The highest BCUT2D eigenvalue weighted by molar-refractivity contribution is 6.34. The first-order valence-corrected chi connectivity index (χ1v) is 8.99. The van der Waals surface area contributed by atoms with Gasteiger partial charge in [0.25, 0.3) is 5.91 Å². The van der Waals surface area contributed by atoms with Crippen molar-refractivity contribution in [2.24, 2.45) is 0 Å². The molecule has 1 N–H and O–H groups in total. The maximum absolute atomic E-state index is 12.3. The predicted molar refractivity (Wildman–Crippen MR) is 105 cm³/mol. The molecular weight excluding hydrogens is 369 g/mol. The van der Waals surface area contributed by atoms with Gasteiger partial charge in [0.1, 0.15) is 5.75 Å². The number of benzene rings is 3. The van der Waals surface area contributed by atoms with Crippen molar-refractivity contribution in [3.8, 4) is 16.9 Å². The molecule has 1 aliphatic heterocycles. The van der Waals surface area contributed by atoms with Crippen molar-refractivity contribution in [3.63, 3.8) is 0 Å². The molecule has 130 valence electrons. The van der Waals surface area contributed by atoms with Crippen LogP contribution in [0.5, 0.6) is 5.75 Å². The fourth-order valence-corrected chi connectivity index (χ4v) is 3.48. The van der Waals surface area contributed by atoms with Gasteiger partial charge in [-0.25, -0.2) is 0 Å². The number of ether oxygens (including phenoxy) is 1. The molecule has 26 heavy (non-hydrogen) atoms. The fraction of sp³-hybridized carbons (Fsp3) is 0.0952. The van der Waals surface area contributed by atoms with Gasteiger partial charge in [-0.05, 0) is 47.5 Å². The Kier molecular flexibility index (Phi) is 4.58.